The van der Waals surface area contributed by atoms with E-state index < -0.39 is 17.7 Å². The predicted octanol–water partition coefficient (Wildman–Crippen LogP) is 3.97. The Kier molecular flexibility index (Phi) is 5.67. The summed E-state index contributed by atoms with van der Waals surface area (Å²) in [5.74, 6) is -0.119. The third-order valence-corrected chi connectivity index (χ3v) is 5.20. The summed E-state index contributed by atoms with van der Waals surface area (Å²) < 4.78 is 10.8. The summed E-state index contributed by atoms with van der Waals surface area (Å²) in [6.45, 7) is 6.94. The molecule has 0 bridgehead atoms. The van der Waals surface area contributed by atoms with Crippen molar-refractivity contribution in [2.24, 2.45) is 4.99 Å². The summed E-state index contributed by atoms with van der Waals surface area (Å²) in [5.41, 5.74) is 0.578. The van der Waals surface area contributed by atoms with E-state index in [2.05, 4.69) is 10.3 Å². The molecule has 0 spiro atoms. The van der Waals surface area contributed by atoms with Crippen molar-refractivity contribution in [3.8, 4) is 0 Å². The zero-order valence-corrected chi connectivity index (χ0v) is 18.1. The van der Waals surface area contributed by atoms with E-state index in [1.54, 1.807) is 6.20 Å². The molecule has 31 heavy (non-hydrogen) atoms. The minimum Gasteiger partial charge on any atom is -0.444 e. The lowest BCUT2D eigenvalue weighted by Crippen LogP contribution is -2.45. The number of benzene rings is 2. The van der Waals surface area contributed by atoms with Crippen LogP contribution in [-0.2, 0) is 14.3 Å². The first-order chi connectivity index (χ1) is 14.8. The van der Waals surface area contributed by atoms with Crippen LogP contribution in [0.4, 0.5) is 4.79 Å². The molecule has 1 N–H and O–H groups in total. The summed E-state index contributed by atoms with van der Waals surface area (Å²) >= 11 is 0. The standard InChI is InChI=1S/C24H27N3O4/c1-24(2,3)31-23(29)25-17-11-13-27(14-12-17)15-20-22(28)30-21(26-20)19-10-6-8-16-7-4-5-9-18(16)19/h4-10,15,17H,11-14H2,1-3H3,(H,25,29)/b20-15+. The van der Waals surface area contributed by atoms with Crippen LogP contribution < -0.4 is 5.32 Å². The van der Waals surface area contributed by atoms with Gasteiger partial charge in [-0.05, 0) is 50.5 Å². The SMILES string of the molecule is CC(C)(C)OC(=O)NC1CCN(/C=C2/N=C(c3cccc4ccccc34)OC2=O)CC1. The Morgan fingerprint density at radius 2 is 1.87 bits per heavy atom. The molecule has 0 saturated carbocycles. The van der Waals surface area contributed by atoms with Gasteiger partial charge in [0.25, 0.3) is 0 Å². The third-order valence-electron chi connectivity index (χ3n) is 5.20. The number of esters is 1. The van der Waals surface area contributed by atoms with Crippen molar-refractivity contribution in [3.63, 3.8) is 0 Å². The monoisotopic (exact) mass is 421 g/mol. The first kappa shape index (κ1) is 20.9. The summed E-state index contributed by atoms with van der Waals surface area (Å²) in [5, 5.41) is 4.97. The number of likely N-dealkylation sites (tertiary alicyclic amines) is 1. The minimum atomic E-state index is -0.516. The molecule has 2 aromatic carbocycles. The number of aliphatic imine (C=N–C) groups is 1. The molecule has 162 valence electrons. The lowest BCUT2D eigenvalue weighted by atomic mass is 10.0. The Bertz CT molecular complexity index is 1050. The predicted molar refractivity (Wildman–Crippen MR) is 119 cm³/mol. The van der Waals surface area contributed by atoms with Crippen LogP contribution in [0.3, 0.4) is 0 Å². The number of carbonyl (C=O) groups is 2. The second kappa shape index (κ2) is 8.41. The summed E-state index contributed by atoms with van der Waals surface area (Å²) in [7, 11) is 0. The Balaban J connectivity index is 1.41. The van der Waals surface area contributed by atoms with Gasteiger partial charge in [0.2, 0.25) is 5.90 Å². The number of nitrogens with zero attached hydrogens (tertiary/aromatic N) is 2. The Morgan fingerprint density at radius 3 is 2.61 bits per heavy atom. The number of nitrogens with one attached hydrogen (secondary N) is 1. The molecule has 0 atom stereocenters. The number of hydrogen-bond donors (Lipinski definition) is 1. The number of amides is 1. The molecule has 0 radical (unpaired) electrons. The van der Waals surface area contributed by atoms with Crippen LogP contribution in [-0.4, -0.2) is 47.6 Å². The summed E-state index contributed by atoms with van der Waals surface area (Å²) in [4.78, 5) is 30.9. The highest BCUT2D eigenvalue weighted by atomic mass is 16.6. The van der Waals surface area contributed by atoms with E-state index in [9.17, 15) is 9.59 Å². The molecule has 0 unspecified atom stereocenters. The molecule has 0 aromatic heterocycles. The number of cyclic esters (lactones) is 1. The molecule has 2 heterocycles. The highest BCUT2D eigenvalue weighted by Crippen LogP contribution is 2.24. The number of alkyl carbamates (subject to hydrolysis) is 1. The molecule has 0 aliphatic carbocycles. The minimum absolute atomic E-state index is 0.0507. The molecule has 1 saturated heterocycles. The smallest absolute Gasteiger partial charge is 0.407 e. The van der Waals surface area contributed by atoms with Crippen molar-refractivity contribution in [1.82, 2.24) is 10.2 Å². The maximum atomic E-state index is 12.4. The molecule has 7 heteroatoms. The number of rotatable bonds is 3. The third kappa shape index (κ3) is 5.05. The van der Waals surface area contributed by atoms with Crippen LogP contribution in [0.1, 0.15) is 39.2 Å². The van der Waals surface area contributed by atoms with Gasteiger partial charge in [0.15, 0.2) is 5.70 Å². The average molecular weight is 421 g/mol. The van der Waals surface area contributed by atoms with Gasteiger partial charge in [-0.15, -0.1) is 0 Å². The molecule has 2 aliphatic rings. The van der Waals surface area contributed by atoms with Crippen molar-refractivity contribution in [2.45, 2.75) is 45.3 Å². The van der Waals surface area contributed by atoms with Crippen LogP contribution in [0.15, 0.2) is 59.4 Å². The van der Waals surface area contributed by atoms with Crippen molar-refractivity contribution >= 4 is 28.7 Å². The molecule has 2 aliphatic heterocycles. The van der Waals surface area contributed by atoms with E-state index >= 15 is 0 Å². The second-order valence-corrected chi connectivity index (χ2v) is 8.80. The maximum Gasteiger partial charge on any atom is 0.407 e. The van der Waals surface area contributed by atoms with Gasteiger partial charge >= 0.3 is 12.1 Å². The van der Waals surface area contributed by atoms with Gasteiger partial charge in [0.05, 0.1) is 0 Å². The van der Waals surface area contributed by atoms with E-state index in [0.717, 1.165) is 29.2 Å². The number of ether oxygens (including phenoxy) is 2. The number of fused-ring (bicyclic) bond motifs is 1. The normalized spacial score (nSPS) is 18.8. The molecule has 2 aromatic rings. The lowest BCUT2D eigenvalue weighted by molar-refractivity contribution is -0.130. The van der Waals surface area contributed by atoms with Gasteiger partial charge in [0, 0.05) is 30.9 Å². The Morgan fingerprint density at radius 1 is 1.16 bits per heavy atom. The van der Waals surface area contributed by atoms with Crippen LogP contribution in [0.25, 0.3) is 10.8 Å². The van der Waals surface area contributed by atoms with E-state index in [1.165, 1.54) is 0 Å². The number of carbonyl (C=O) groups excluding carboxylic acids is 2. The van der Waals surface area contributed by atoms with Gasteiger partial charge in [-0.25, -0.2) is 14.6 Å². The van der Waals surface area contributed by atoms with Gasteiger partial charge in [0.1, 0.15) is 5.60 Å². The van der Waals surface area contributed by atoms with Crippen molar-refractivity contribution in [2.75, 3.05) is 13.1 Å². The zero-order valence-electron chi connectivity index (χ0n) is 18.1. The van der Waals surface area contributed by atoms with Crippen LogP contribution >= 0.6 is 0 Å². The fraction of sp³-hybridized carbons (Fsp3) is 0.375. The van der Waals surface area contributed by atoms with E-state index in [-0.39, 0.29) is 6.04 Å². The summed E-state index contributed by atoms with van der Waals surface area (Å²) in [6, 6.07) is 13.8. The van der Waals surface area contributed by atoms with Crippen molar-refractivity contribution in [3.05, 3.63) is 59.9 Å². The fourth-order valence-electron chi connectivity index (χ4n) is 3.75. The van der Waals surface area contributed by atoms with E-state index in [4.69, 9.17) is 9.47 Å². The molecule has 7 nitrogen and oxygen atoms in total. The first-order valence-corrected chi connectivity index (χ1v) is 10.5. The number of piperidine rings is 1. The van der Waals surface area contributed by atoms with Gasteiger partial charge in [-0.1, -0.05) is 36.4 Å². The second-order valence-electron chi connectivity index (χ2n) is 8.80. The summed E-state index contributed by atoms with van der Waals surface area (Å²) in [6.07, 6.45) is 2.88. The average Bonchev–Trinajstić information content (AvgIpc) is 3.07. The van der Waals surface area contributed by atoms with Crippen molar-refractivity contribution in [1.29, 1.82) is 0 Å². The van der Waals surface area contributed by atoms with Crippen LogP contribution in [0, 0.1) is 0 Å². The van der Waals surface area contributed by atoms with Gasteiger partial charge < -0.3 is 19.7 Å². The quantitative estimate of drug-likeness (QED) is 0.599. The highest BCUT2D eigenvalue weighted by Gasteiger charge is 2.28. The van der Waals surface area contributed by atoms with Crippen LogP contribution in [0.2, 0.25) is 0 Å². The van der Waals surface area contributed by atoms with Crippen molar-refractivity contribution < 1.29 is 19.1 Å². The van der Waals surface area contributed by atoms with Gasteiger partial charge in [-0.2, -0.15) is 0 Å². The van der Waals surface area contributed by atoms with E-state index in [0.29, 0.717) is 24.7 Å². The Labute approximate surface area is 181 Å². The molecule has 4 rings (SSSR count). The topological polar surface area (TPSA) is 80.2 Å². The lowest BCUT2D eigenvalue weighted by Gasteiger charge is -2.32. The highest BCUT2D eigenvalue weighted by molar-refractivity contribution is 6.16. The maximum absolute atomic E-state index is 12.4. The molecule has 1 amide bonds. The largest absolute Gasteiger partial charge is 0.444 e. The zero-order chi connectivity index (χ0) is 22.0. The Hall–Kier alpha value is -3.35. The van der Waals surface area contributed by atoms with Gasteiger partial charge in [-0.3, -0.25) is 0 Å². The van der Waals surface area contributed by atoms with E-state index in [1.807, 2.05) is 68.1 Å². The fourth-order valence-corrected chi connectivity index (χ4v) is 3.75. The molecular weight excluding hydrogens is 394 g/mol. The van der Waals surface area contributed by atoms with Crippen LogP contribution in [0.5, 0.6) is 0 Å². The molecule has 1 fully saturated rings. The number of hydrogen-bond acceptors (Lipinski definition) is 6. The first-order valence-electron chi connectivity index (χ1n) is 10.5. The molecular formula is C24H27N3O4.